The molecule has 11 heteroatoms. The third kappa shape index (κ3) is 8.91. The first-order valence-electron chi connectivity index (χ1n) is 15.5. The standard InChI is InChI=1S/C36H36Cl2FN3O4S/c37-28-17-16-27(33(38)23-28)24-41(34(22-26-10-4-1-5-11-26)36(44)40-30-12-6-2-7-13-30)35(43)25-42(31-20-18-29(39)19-21-31)47(45,46)32-14-8-3-9-15-32/h1,3-5,8-11,14-21,23,30,34H,2,6-7,12-13,22,24-25H2,(H,40,44). The number of rotatable bonds is 12. The minimum atomic E-state index is -4.29. The summed E-state index contributed by atoms with van der Waals surface area (Å²) >= 11 is 12.8. The molecule has 1 N–H and O–H groups in total. The highest BCUT2D eigenvalue weighted by Crippen LogP contribution is 2.28. The molecule has 0 bridgehead atoms. The largest absolute Gasteiger partial charge is 0.352 e. The van der Waals surface area contributed by atoms with E-state index in [2.05, 4.69) is 5.32 Å². The van der Waals surface area contributed by atoms with Crippen molar-refractivity contribution in [3.05, 3.63) is 130 Å². The highest BCUT2D eigenvalue weighted by atomic mass is 35.5. The second-order valence-electron chi connectivity index (χ2n) is 11.6. The zero-order chi connectivity index (χ0) is 33.4. The van der Waals surface area contributed by atoms with Gasteiger partial charge in [0.25, 0.3) is 10.0 Å². The van der Waals surface area contributed by atoms with Gasteiger partial charge in [0.1, 0.15) is 18.4 Å². The van der Waals surface area contributed by atoms with Crippen LogP contribution in [0.3, 0.4) is 0 Å². The normalized spacial score (nSPS) is 14.3. The van der Waals surface area contributed by atoms with Crippen molar-refractivity contribution in [1.29, 1.82) is 0 Å². The van der Waals surface area contributed by atoms with Crippen LogP contribution >= 0.6 is 23.2 Å². The molecule has 1 atom stereocenters. The second-order valence-corrected chi connectivity index (χ2v) is 14.3. The predicted octanol–water partition coefficient (Wildman–Crippen LogP) is 7.42. The topological polar surface area (TPSA) is 86.8 Å². The number of sulfonamides is 1. The molecule has 47 heavy (non-hydrogen) atoms. The summed E-state index contributed by atoms with van der Waals surface area (Å²) in [4.78, 5) is 30.1. The highest BCUT2D eigenvalue weighted by molar-refractivity contribution is 7.92. The molecule has 7 nitrogen and oxygen atoms in total. The summed E-state index contributed by atoms with van der Waals surface area (Å²) in [5, 5.41) is 3.88. The molecule has 1 unspecified atom stereocenters. The first-order chi connectivity index (χ1) is 22.6. The second kappa shape index (κ2) is 15.8. The minimum Gasteiger partial charge on any atom is -0.352 e. The Labute approximate surface area is 285 Å². The Morgan fingerprint density at radius 1 is 0.851 bits per heavy atom. The van der Waals surface area contributed by atoms with Crippen LogP contribution in [-0.2, 0) is 32.6 Å². The van der Waals surface area contributed by atoms with Crippen molar-refractivity contribution < 1.29 is 22.4 Å². The predicted molar refractivity (Wildman–Crippen MR) is 183 cm³/mol. The van der Waals surface area contributed by atoms with Gasteiger partial charge >= 0.3 is 0 Å². The fraction of sp³-hybridized carbons (Fsp3) is 0.278. The van der Waals surface area contributed by atoms with Gasteiger partial charge in [-0.15, -0.1) is 0 Å². The molecule has 1 fully saturated rings. The van der Waals surface area contributed by atoms with E-state index in [0.717, 1.165) is 54.1 Å². The number of carbonyl (C=O) groups is 2. The average molecular weight is 697 g/mol. The summed E-state index contributed by atoms with van der Waals surface area (Å²) in [7, 11) is -4.29. The summed E-state index contributed by atoms with van der Waals surface area (Å²) in [6, 6.07) is 25.8. The molecule has 5 rings (SSSR count). The third-order valence-electron chi connectivity index (χ3n) is 8.30. The number of carbonyl (C=O) groups excluding carboxylic acids is 2. The molecule has 4 aromatic rings. The van der Waals surface area contributed by atoms with Crippen LogP contribution in [0.25, 0.3) is 0 Å². The maximum Gasteiger partial charge on any atom is 0.264 e. The molecule has 2 amide bonds. The van der Waals surface area contributed by atoms with Crippen molar-refractivity contribution in [2.45, 2.75) is 62.0 Å². The van der Waals surface area contributed by atoms with Gasteiger partial charge in [0.2, 0.25) is 11.8 Å². The number of hydrogen-bond acceptors (Lipinski definition) is 4. The molecular weight excluding hydrogens is 660 g/mol. The van der Waals surface area contributed by atoms with Crippen molar-refractivity contribution in [2.75, 3.05) is 10.8 Å². The van der Waals surface area contributed by atoms with E-state index in [-0.39, 0.29) is 35.5 Å². The molecule has 0 aliphatic heterocycles. The van der Waals surface area contributed by atoms with Crippen molar-refractivity contribution in [3.8, 4) is 0 Å². The lowest BCUT2D eigenvalue weighted by molar-refractivity contribution is -0.140. The van der Waals surface area contributed by atoms with Crippen molar-refractivity contribution >= 4 is 50.7 Å². The van der Waals surface area contributed by atoms with Gasteiger partial charge in [0.05, 0.1) is 10.6 Å². The van der Waals surface area contributed by atoms with Crippen LogP contribution in [0.2, 0.25) is 10.0 Å². The first kappa shape index (κ1) is 34.4. The number of nitrogens with zero attached hydrogens (tertiary/aromatic N) is 2. The van der Waals surface area contributed by atoms with E-state index in [1.54, 1.807) is 36.4 Å². The Morgan fingerprint density at radius 3 is 2.13 bits per heavy atom. The highest BCUT2D eigenvalue weighted by Gasteiger charge is 2.35. The number of nitrogens with one attached hydrogen (secondary N) is 1. The van der Waals surface area contributed by atoms with Gasteiger partial charge in [0.15, 0.2) is 0 Å². The first-order valence-corrected chi connectivity index (χ1v) is 17.7. The molecule has 0 spiro atoms. The van der Waals surface area contributed by atoms with Crippen LogP contribution in [0, 0.1) is 5.82 Å². The SMILES string of the molecule is O=C(NC1CCCCC1)C(Cc1ccccc1)N(Cc1ccc(Cl)cc1Cl)C(=O)CN(c1ccc(F)cc1)S(=O)(=O)c1ccccc1. The smallest absolute Gasteiger partial charge is 0.264 e. The molecule has 4 aromatic carbocycles. The summed E-state index contributed by atoms with van der Waals surface area (Å²) in [6.07, 6.45) is 4.97. The van der Waals surface area contributed by atoms with Gasteiger partial charge in [-0.2, -0.15) is 0 Å². The molecule has 246 valence electrons. The molecule has 0 radical (unpaired) electrons. The van der Waals surface area contributed by atoms with Crippen LogP contribution in [-0.4, -0.2) is 43.8 Å². The zero-order valence-corrected chi connectivity index (χ0v) is 28.0. The van der Waals surface area contributed by atoms with Crippen LogP contribution in [0.15, 0.2) is 108 Å². The Hall–Kier alpha value is -3.92. The summed E-state index contributed by atoms with van der Waals surface area (Å²) < 4.78 is 43.0. The molecule has 0 aromatic heterocycles. The van der Waals surface area contributed by atoms with Gasteiger partial charge in [-0.3, -0.25) is 13.9 Å². The lowest BCUT2D eigenvalue weighted by Gasteiger charge is -2.35. The van der Waals surface area contributed by atoms with Crippen LogP contribution < -0.4 is 9.62 Å². The zero-order valence-electron chi connectivity index (χ0n) is 25.7. The van der Waals surface area contributed by atoms with E-state index in [9.17, 15) is 22.4 Å². The fourth-order valence-electron chi connectivity index (χ4n) is 5.79. The quantitative estimate of drug-likeness (QED) is 0.167. The Bertz CT molecular complexity index is 1770. The fourth-order valence-corrected chi connectivity index (χ4v) is 7.69. The molecule has 0 heterocycles. The van der Waals surface area contributed by atoms with E-state index in [1.807, 2.05) is 30.3 Å². The van der Waals surface area contributed by atoms with Gasteiger partial charge in [-0.1, -0.05) is 97.1 Å². The van der Waals surface area contributed by atoms with Crippen LogP contribution in [0.5, 0.6) is 0 Å². The van der Waals surface area contributed by atoms with E-state index in [4.69, 9.17) is 23.2 Å². The Morgan fingerprint density at radius 2 is 1.49 bits per heavy atom. The number of hydrogen-bond donors (Lipinski definition) is 1. The summed E-state index contributed by atoms with van der Waals surface area (Å²) in [5.41, 5.74) is 1.45. The lowest BCUT2D eigenvalue weighted by Crippen LogP contribution is -2.55. The van der Waals surface area contributed by atoms with Gasteiger partial charge in [-0.25, -0.2) is 12.8 Å². The van der Waals surface area contributed by atoms with E-state index in [1.165, 1.54) is 29.2 Å². The molecule has 1 saturated carbocycles. The van der Waals surface area contributed by atoms with Crippen molar-refractivity contribution in [2.24, 2.45) is 0 Å². The van der Waals surface area contributed by atoms with E-state index >= 15 is 0 Å². The summed E-state index contributed by atoms with van der Waals surface area (Å²) in [5.74, 6) is -1.53. The van der Waals surface area contributed by atoms with E-state index < -0.39 is 34.3 Å². The Kier molecular flexibility index (Phi) is 11.6. The minimum absolute atomic E-state index is 0.0280. The lowest BCUT2D eigenvalue weighted by atomic mass is 9.94. The van der Waals surface area contributed by atoms with E-state index in [0.29, 0.717) is 15.6 Å². The molecule has 1 aliphatic carbocycles. The van der Waals surface area contributed by atoms with Gasteiger partial charge in [-0.05, 0) is 72.5 Å². The third-order valence-corrected chi connectivity index (χ3v) is 10.7. The molecular formula is C36H36Cl2FN3O4S. The van der Waals surface area contributed by atoms with Crippen molar-refractivity contribution in [3.63, 3.8) is 0 Å². The average Bonchev–Trinajstić information content (AvgIpc) is 3.07. The van der Waals surface area contributed by atoms with Gasteiger partial charge < -0.3 is 10.2 Å². The van der Waals surface area contributed by atoms with Gasteiger partial charge in [0, 0.05) is 29.1 Å². The number of halogens is 3. The Balaban J connectivity index is 1.57. The molecule has 0 saturated heterocycles. The van der Waals surface area contributed by atoms with Crippen LogP contribution in [0.4, 0.5) is 10.1 Å². The maximum absolute atomic E-state index is 14.6. The number of amides is 2. The van der Waals surface area contributed by atoms with Crippen LogP contribution in [0.1, 0.15) is 43.2 Å². The maximum atomic E-state index is 14.6. The monoisotopic (exact) mass is 695 g/mol. The number of benzene rings is 4. The van der Waals surface area contributed by atoms with Crippen molar-refractivity contribution in [1.82, 2.24) is 10.2 Å². The number of anilines is 1. The summed E-state index contributed by atoms with van der Waals surface area (Å²) in [6.45, 7) is -0.747. The molecule has 1 aliphatic rings.